The average Bonchev–Trinajstić information content (AvgIpc) is 3.12. The SMILES string of the molecule is O=C(Cc1ccccc1Cl)Nc1ccn(C2CCNC2)n1. The number of nitrogens with one attached hydrogen (secondary N) is 2. The zero-order chi connectivity index (χ0) is 14.7. The zero-order valence-corrected chi connectivity index (χ0v) is 12.3. The van der Waals surface area contributed by atoms with Gasteiger partial charge in [0.2, 0.25) is 5.91 Å². The van der Waals surface area contributed by atoms with Gasteiger partial charge in [-0.15, -0.1) is 0 Å². The van der Waals surface area contributed by atoms with Crippen LogP contribution in [0.3, 0.4) is 0 Å². The molecular weight excluding hydrogens is 288 g/mol. The predicted octanol–water partition coefficient (Wildman–Crippen LogP) is 2.25. The second-order valence-electron chi connectivity index (χ2n) is 5.14. The van der Waals surface area contributed by atoms with Crippen LogP contribution < -0.4 is 10.6 Å². The number of carbonyl (C=O) groups excluding carboxylic acids is 1. The lowest BCUT2D eigenvalue weighted by Crippen LogP contribution is -2.17. The van der Waals surface area contributed by atoms with Crippen LogP contribution in [0.4, 0.5) is 5.82 Å². The van der Waals surface area contributed by atoms with Gasteiger partial charge in [0.1, 0.15) is 0 Å². The lowest BCUT2D eigenvalue weighted by Gasteiger charge is -2.08. The highest BCUT2D eigenvalue weighted by atomic mass is 35.5. The minimum Gasteiger partial charge on any atom is -0.315 e. The van der Waals surface area contributed by atoms with Gasteiger partial charge in [-0.25, -0.2) is 0 Å². The fourth-order valence-electron chi connectivity index (χ4n) is 2.48. The highest BCUT2D eigenvalue weighted by Gasteiger charge is 2.17. The van der Waals surface area contributed by atoms with Gasteiger partial charge < -0.3 is 10.6 Å². The van der Waals surface area contributed by atoms with Gasteiger partial charge in [0.25, 0.3) is 0 Å². The van der Waals surface area contributed by atoms with Crippen LogP contribution in [0.25, 0.3) is 0 Å². The van der Waals surface area contributed by atoms with Gasteiger partial charge in [0, 0.05) is 23.8 Å². The van der Waals surface area contributed by atoms with E-state index in [2.05, 4.69) is 15.7 Å². The van der Waals surface area contributed by atoms with Crippen LogP contribution in [0.2, 0.25) is 5.02 Å². The first-order chi connectivity index (χ1) is 10.2. The number of rotatable bonds is 4. The molecule has 2 aromatic rings. The van der Waals surface area contributed by atoms with Gasteiger partial charge in [0.05, 0.1) is 12.5 Å². The van der Waals surface area contributed by atoms with Crippen molar-refractivity contribution in [2.24, 2.45) is 0 Å². The number of benzene rings is 1. The van der Waals surface area contributed by atoms with Crippen molar-refractivity contribution < 1.29 is 4.79 Å². The van der Waals surface area contributed by atoms with Gasteiger partial charge in [-0.3, -0.25) is 9.48 Å². The maximum Gasteiger partial charge on any atom is 0.230 e. The minimum absolute atomic E-state index is 0.113. The largest absolute Gasteiger partial charge is 0.315 e. The molecule has 6 heteroatoms. The Morgan fingerprint density at radius 3 is 3.05 bits per heavy atom. The molecule has 2 heterocycles. The monoisotopic (exact) mass is 304 g/mol. The predicted molar refractivity (Wildman–Crippen MR) is 82.5 cm³/mol. The van der Waals surface area contributed by atoms with E-state index in [4.69, 9.17) is 11.6 Å². The Bertz CT molecular complexity index is 634. The number of nitrogens with zero attached hydrogens (tertiary/aromatic N) is 2. The molecule has 1 aliphatic rings. The molecule has 1 aromatic carbocycles. The third-order valence-corrected chi connectivity index (χ3v) is 3.96. The van der Waals surface area contributed by atoms with Crippen LogP contribution in [0.5, 0.6) is 0 Å². The lowest BCUT2D eigenvalue weighted by molar-refractivity contribution is -0.115. The third kappa shape index (κ3) is 3.43. The number of amides is 1. The van der Waals surface area contributed by atoms with E-state index in [0.717, 1.165) is 25.1 Å². The van der Waals surface area contributed by atoms with Crippen molar-refractivity contribution in [1.82, 2.24) is 15.1 Å². The number of hydrogen-bond donors (Lipinski definition) is 2. The summed E-state index contributed by atoms with van der Waals surface area (Å²) in [6.07, 6.45) is 3.22. The smallest absolute Gasteiger partial charge is 0.230 e. The van der Waals surface area contributed by atoms with Crippen molar-refractivity contribution in [3.8, 4) is 0 Å². The Labute approximate surface area is 128 Å². The van der Waals surface area contributed by atoms with Gasteiger partial charge in [-0.1, -0.05) is 29.8 Å². The van der Waals surface area contributed by atoms with E-state index in [-0.39, 0.29) is 12.3 Å². The number of halogens is 1. The first kappa shape index (κ1) is 14.1. The quantitative estimate of drug-likeness (QED) is 0.911. The number of anilines is 1. The number of aromatic nitrogens is 2. The van der Waals surface area contributed by atoms with E-state index in [9.17, 15) is 4.79 Å². The zero-order valence-electron chi connectivity index (χ0n) is 11.6. The molecule has 0 radical (unpaired) electrons. The van der Waals surface area contributed by atoms with Gasteiger partial charge in [0.15, 0.2) is 5.82 Å². The Morgan fingerprint density at radius 2 is 2.29 bits per heavy atom. The van der Waals surface area contributed by atoms with Crippen molar-refractivity contribution in [3.05, 3.63) is 47.1 Å². The highest BCUT2D eigenvalue weighted by molar-refractivity contribution is 6.31. The van der Waals surface area contributed by atoms with Gasteiger partial charge >= 0.3 is 0 Å². The molecule has 1 unspecified atom stereocenters. The lowest BCUT2D eigenvalue weighted by atomic mass is 10.1. The Balaban J connectivity index is 1.61. The van der Waals surface area contributed by atoms with E-state index in [1.165, 1.54) is 0 Å². The maximum atomic E-state index is 12.0. The van der Waals surface area contributed by atoms with E-state index < -0.39 is 0 Å². The van der Waals surface area contributed by atoms with Crippen LogP contribution in [0.15, 0.2) is 36.5 Å². The topological polar surface area (TPSA) is 59.0 Å². The summed E-state index contributed by atoms with van der Waals surface area (Å²) in [5, 5.41) is 11.1. The molecule has 3 rings (SSSR count). The van der Waals surface area contributed by atoms with Crippen LogP contribution >= 0.6 is 11.6 Å². The first-order valence-corrected chi connectivity index (χ1v) is 7.39. The summed E-state index contributed by atoms with van der Waals surface area (Å²) in [6.45, 7) is 1.94. The number of carbonyl (C=O) groups is 1. The molecule has 5 nitrogen and oxygen atoms in total. The molecule has 1 aromatic heterocycles. The molecule has 2 N–H and O–H groups in total. The molecular formula is C15H17ClN4O. The Kier molecular flexibility index (Phi) is 4.22. The molecule has 1 fully saturated rings. The van der Waals surface area contributed by atoms with Crippen LogP contribution in [-0.2, 0) is 11.2 Å². The summed E-state index contributed by atoms with van der Waals surface area (Å²) >= 11 is 6.05. The average molecular weight is 305 g/mol. The van der Waals surface area contributed by atoms with Crippen molar-refractivity contribution in [3.63, 3.8) is 0 Å². The van der Waals surface area contributed by atoms with Gasteiger partial charge in [-0.2, -0.15) is 5.10 Å². The van der Waals surface area contributed by atoms with E-state index in [0.29, 0.717) is 16.9 Å². The molecule has 0 bridgehead atoms. The summed E-state index contributed by atoms with van der Waals surface area (Å²) in [4.78, 5) is 12.0. The van der Waals surface area contributed by atoms with E-state index >= 15 is 0 Å². The summed E-state index contributed by atoms with van der Waals surface area (Å²) in [5.41, 5.74) is 0.816. The molecule has 1 amide bonds. The Hall–Kier alpha value is -1.85. The molecule has 1 atom stereocenters. The summed E-state index contributed by atoms with van der Waals surface area (Å²) < 4.78 is 1.91. The molecule has 1 aliphatic heterocycles. The van der Waals surface area contributed by atoms with Crippen molar-refractivity contribution in [2.45, 2.75) is 18.9 Å². The standard InChI is InChI=1S/C15H17ClN4O/c16-13-4-2-1-3-11(13)9-15(21)18-14-6-8-20(19-14)12-5-7-17-10-12/h1-4,6,8,12,17H,5,7,9-10H2,(H,18,19,21). The van der Waals surface area contributed by atoms with Crippen molar-refractivity contribution in [1.29, 1.82) is 0 Å². The summed E-state index contributed by atoms with van der Waals surface area (Å²) in [7, 11) is 0. The molecule has 0 aliphatic carbocycles. The summed E-state index contributed by atoms with van der Waals surface area (Å²) in [5.74, 6) is 0.469. The second kappa shape index (κ2) is 6.28. The number of hydrogen-bond acceptors (Lipinski definition) is 3. The fourth-order valence-corrected chi connectivity index (χ4v) is 2.68. The van der Waals surface area contributed by atoms with Gasteiger partial charge in [-0.05, 0) is 24.6 Å². The third-order valence-electron chi connectivity index (χ3n) is 3.59. The van der Waals surface area contributed by atoms with Crippen LogP contribution in [-0.4, -0.2) is 28.8 Å². The molecule has 21 heavy (non-hydrogen) atoms. The first-order valence-electron chi connectivity index (χ1n) is 7.01. The van der Waals surface area contributed by atoms with Crippen molar-refractivity contribution in [2.75, 3.05) is 18.4 Å². The molecule has 1 saturated heterocycles. The molecule has 110 valence electrons. The molecule has 0 saturated carbocycles. The summed E-state index contributed by atoms with van der Waals surface area (Å²) in [6, 6.07) is 9.55. The fraction of sp³-hybridized carbons (Fsp3) is 0.333. The minimum atomic E-state index is -0.113. The Morgan fingerprint density at radius 1 is 1.43 bits per heavy atom. The van der Waals surface area contributed by atoms with E-state index in [1.54, 1.807) is 6.07 Å². The van der Waals surface area contributed by atoms with Crippen molar-refractivity contribution >= 4 is 23.3 Å². The van der Waals surface area contributed by atoms with Crippen LogP contribution in [0.1, 0.15) is 18.0 Å². The van der Waals surface area contributed by atoms with E-state index in [1.807, 2.05) is 35.1 Å². The maximum absolute atomic E-state index is 12.0. The normalized spacial score (nSPS) is 17.9. The second-order valence-corrected chi connectivity index (χ2v) is 5.55. The highest BCUT2D eigenvalue weighted by Crippen LogP contribution is 2.17. The van der Waals surface area contributed by atoms with Crippen LogP contribution in [0, 0.1) is 0 Å². The molecule has 0 spiro atoms.